The van der Waals surface area contributed by atoms with E-state index in [0.29, 0.717) is 11.8 Å². The summed E-state index contributed by atoms with van der Waals surface area (Å²) in [6, 6.07) is 0. The van der Waals surface area contributed by atoms with Gasteiger partial charge in [0, 0.05) is 13.1 Å². The first kappa shape index (κ1) is 9.52. The lowest BCUT2D eigenvalue weighted by Crippen LogP contribution is -2.41. The van der Waals surface area contributed by atoms with Crippen molar-refractivity contribution in [2.45, 2.75) is 20.3 Å². The second kappa shape index (κ2) is 3.90. The minimum absolute atomic E-state index is 0.203. The van der Waals surface area contributed by atoms with Crippen LogP contribution < -0.4 is 0 Å². The summed E-state index contributed by atoms with van der Waals surface area (Å²) in [5, 5.41) is 8.60. The van der Waals surface area contributed by atoms with E-state index in [1.807, 2.05) is 4.90 Å². The Bertz CT molecular complexity index is 160. The van der Waals surface area contributed by atoms with Crippen LogP contribution in [0.3, 0.4) is 0 Å². The number of nitrogens with zero attached hydrogens (tertiary/aromatic N) is 1. The van der Waals surface area contributed by atoms with Crippen LogP contribution in [0.5, 0.6) is 0 Å². The van der Waals surface area contributed by atoms with E-state index in [9.17, 15) is 4.79 Å². The van der Waals surface area contributed by atoms with Gasteiger partial charge in [-0.3, -0.25) is 9.69 Å². The highest BCUT2D eigenvalue weighted by Gasteiger charge is 2.22. The lowest BCUT2D eigenvalue weighted by Gasteiger charge is -2.33. The number of carboxylic acids is 1. The van der Waals surface area contributed by atoms with Crippen molar-refractivity contribution in [2.24, 2.45) is 11.8 Å². The van der Waals surface area contributed by atoms with Crippen molar-refractivity contribution < 1.29 is 9.90 Å². The largest absolute Gasteiger partial charge is 0.480 e. The lowest BCUT2D eigenvalue weighted by molar-refractivity contribution is -0.138. The maximum atomic E-state index is 10.4. The molecule has 12 heavy (non-hydrogen) atoms. The summed E-state index contributed by atoms with van der Waals surface area (Å²) >= 11 is 0. The van der Waals surface area contributed by atoms with Crippen LogP contribution in [-0.4, -0.2) is 35.6 Å². The van der Waals surface area contributed by atoms with Crippen LogP contribution in [0.25, 0.3) is 0 Å². The number of carbonyl (C=O) groups is 1. The molecule has 2 atom stereocenters. The van der Waals surface area contributed by atoms with E-state index in [0.717, 1.165) is 13.1 Å². The van der Waals surface area contributed by atoms with Gasteiger partial charge in [-0.05, 0) is 18.3 Å². The van der Waals surface area contributed by atoms with Crippen molar-refractivity contribution in [2.75, 3.05) is 19.6 Å². The van der Waals surface area contributed by atoms with Gasteiger partial charge in [-0.25, -0.2) is 0 Å². The summed E-state index contributed by atoms with van der Waals surface area (Å²) < 4.78 is 0. The molecular weight excluding hydrogens is 154 g/mol. The van der Waals surface area contributed by atoms with Gasteiger partial charge in [-0.15, -0.1) is 0 Å². The first-order chi connectivity index (χ1) is 5.58. The fourth-order valence-electron chi connectivity index (χ4n) is 2.11. The molecule has 1 aliphatic rings. The Balaban J connectivity index is 2.38. The maximum Gasteiger partial charge on any atom is 0.317 e. The highest BCUT2D eigenvalue weighted by Crippen LogP contribution is 2.20. The smallest absolute Gasteiger partial charge is 0.317 e. The number of hydrogen-bond acceptors (Lipinski definition) is 2. The maximum absolute atomic E-state index is 10.4. The number of hydrogen-bond donors (Lipinski definition) is 1. The van der Waals surface area contributed by atoms with Gasteiger partial charge in [-0.2, -0.15) is 0 Å². The number of likely N-dealkylation sites (tertiary alicyclic amines) is 1. The summed E-state index contributed by atoms with van der Waals surface area (Å²) in [6.45, 7) is 6.46. The molecule has 1 rings (SSSR count). The first-order valence-electron chi connectivity index (χ1n) is 4.52. The molecule has 0 amide bonds. The lowest BCUT2D eigenvalue weighted by atomic mass is 9.92. The zero-order chi connectivity index (χ0) is 9.14. The molecule has 0 aromatic carbocycles. The van der Waals surface area contributed by atoms with Crippen LogP contribution in [-0.2, 0) is 4.79 Å². The Morgan fingerprint density at radius 1 is 1.42 bits per heavy atom. The fraction of sp³-hybridized carbons (Fsp3) is 0.889. The van der Waals surface area contributed by atoms with Gasteiger partial charge in [0.2, 0.25) is 0 Å². The van der Waals surface area contributed by atoms with Gasteiger partial charge in [-0.1, -0.05) is 13.8 Å². The van der Waals surface area contributed by atoms with Crippen molar-refractivity contribution >= 4 is 5.97 Å². The van der Waals surface area contributed by atoms with Crippen molar-refractivity contribution in [3.8, 4) is 0 Å². The molecule has 3 nitrogen and oxygen atoms in total. The quantitative estimate of drug-likeness (QED) is 0.675. The Labute approximate surface area is 73.4 Å². The number of carboxylic acid groups (broad SMARTS) is 1. The molecule has 0 radical (unpaired) electrons. The number of rotatable bonds is 2. The normalized spacial score (nSPS) is 31.8. The van der Waals surface area contributed by atoms with Gasteiger partial charge >= 0.3 is 5.97 Å². The predicted molar refractivity (Wildman–Crippen MR) is 47.0 cm³/mol. The molecule has 0 bridgehead atoms. The Kier molecular flexibility index (Phi) is 3.09. The molecular formula is C9H17NO2. The summed E-state index contributed by atoms with van der Waals surface area (Å²) in [7, 11) is 0. The third-order valence-electron chi connectivity index (χ3n) is 2.30. The molecule has 0 spiro atoms. The molecule has 1 N–H and O–H groups in total. The molecule has 1 heterocycles. The first-order valence-corrected chi connectivity index (χ1v) is 4.52. The molecule has 1 saturated heterocycles. The van der Waals surface area contributed by atoms with Gasteiger partial charge < -0.3 is 5.11 Å². The molecule has 0 aromatic heterocycles. The van der Waals surface area contributed by atoms with E-state index >= 15 is 0 Å². The van der Waals surface area contributed by atoms with Crippen LogP contribution in [0.15, 0.2) is 0 Å². The van der Waals surface area contributed by atoms with E-state index in [1.54, 1.807) is 0 Å². The van der Waals surface area contributed by atoms with Crippen molar-refractivity contribution in [3.63, 3.8) is 0 Å². The molecule has 0 aliphatic carbocycles. The summed E-state index contributed by atoms with van der Waals surface area (Å²) in [6.07, 6.45) is 1.23. The number of aliphatic carboxylic acids is 1. The molecule has 0 unspecified atom stereocenters. The standard InChI is InChI=1S/C9H17NO2/c1-7-3-8(2)5-10(4-7)6-9(11)12/h7-8H,3-6H2,1-2H3,(H,11,12)/t7-,8+. The monoisotopic (exact) mass is 171 g/mol. The van der Waals surface area contributed by atoms with Crippen LogP contribution in [0.2, 0.25) is 0 Å². The zero-order valence-corrected chi connectivity index (χ0v) is 7.79. The van der Waals surface area contributed by atoms with Crippen molar-refractivity contribution in [1.29, 1.82) is 0 Å². The van der Waals surface area contributed by atoms with E-state index in [4.69, 9.17) is 5.11 Å². The molecule has 0 aromatic rings. The van der Waals surface area contributed by atoms with Gasteiger partial charge in [0.15, 0.2) is 0 Å². The highest BCUT2D eigenvalue weighted by molar-refractivity contribution is 5.69. The summed E-state index contributed by atoms with van der Waals surface area (Å²) in [5.74, 6) is 0.581. The SMILES string of the molecule is C[C@@H]1C[C@H](C)CN(CC(=O)O)C1. The minimum Gasteiger partial charge on any atom is -0.480 e. The van der Waals surface area contributed by atoms with Crippen molar-refractivity contribution in [3.05, 3.63) is 0 Å². The molecule has 1 aliphatic heterocycles. The van der Waals surface area contributed by atoms with Crippen LogP contribution in [0.1, 0.15) is 20.3 Å². The molecule has 70 valence electrons. The van der Waals surface area contributed by atoms with E-state index in [-0.39, 0.29) is 6.54 Å². The van der Waals surface area contributed by atoms with Crippen molar-refractivity contribution in [1.82, 2.24) is 4.90 Å². The molecule has 0 saturated carbocycles. The van der Waals surface area contributed by atoms with Gasteiger partial charge in [0.1, 0.15) is 0 Å². The number of piperidine rings is 1. The summed E-state index contributed by atoms with van der Waals surface area (Å²) in [5.41, 5.74) is 0. The van der Waals surface area contributed by atoms with Crippen LogP contribution in [0.4, 0.5) is 0 Å². The average Bonchev–Trinajstić information content (AvgIpc) is 1.81. The molecule has 1 fully saturated rings. The predicted octanol–water partition coefficient (Wildman–Crippen LogP) is 1.05. The highest BCUT2D eigenvalue weighted by atomic mass is 16.4. The Morgan fingerprint density at radius 3 is 2.33 bits per heavy atom. The second-order valence-electron chi connectivity index (χ2n) is 4.03. The summed E-state index contributed by atoms with van der Waals surface area (Å²) in [4.78, 5) is 12.5. The second-order valence-corrected chi connectivity index (χ2v) is 4.03. The topological polar surface area (TPSA) is 40.5 Å². The van der Waals surface area contributed by atoms with E-state index < -0.39 is 5.97 Å². The molecule has 3 heteroatoms. The average molecular weight is 171 g/mol. The van der Waals surface area contributed by atoms with Gasteiger partial charge in [0.25, 0.3) is 0 Å². The fourth-order valence-corrected chi connectivity index (χ4v) is 2.11. The Hall–Kier alpha value is -0.570. The van der Waals surface area contributed by atoms with E-state index in [1.165, 1.54) is 6.42 Å². The van der Waals surface area contributed by atoms with Crippen LogP contribution >= 0.6 is 0 Å². The van der Waals surface area contributed by atoms with Gasteiger partial charge in [0.05, 0.1) is 6.54 Å². The third-order valence-corrected chi connectivity index (χ3v) is 2.30. The third kappa shape index (κ3) is 2.81. The minimum atomic E-state index is -0.712. The zero-order valence-electron chi connectivity index (χ0n) is 7.79. The van der Waals surface area contributed by atoms with E-state index in [2.05, 4.69) is 13.8 Å². The Morgan fingerprint density at radius 2 is 1.92 bits per heavy atom. The van der Waals surface area contributed by atoms with Crippen LogP contribution in [0, 0.1) is 11.8 Å².